The SMILES string of the molecule is CCN1CCCC(=O)N1Cc1ccc(OCC(=O)O)cc1. The average Bonchev–Trinajstić information content (AvgIpc) is 2.48. The highest BCUT2D eigenvalue weighted by molar-refractivity contribution is 5.76. The number of hydrogen-bond acceptors (Lipinski definition) is 4. The van der Waals surface area contributed by atoms with E-state index in [1.165, 1.54) is 0 Å². The number of rotatable bonds is 6. The molecule has 1 fully saturated rings. The number of aliphatic carboxylic acids is 1. The maximum Gasteiger partial charge on any atom is 0.341 e. The predicted molar refractivity (Wildman–Crippen MR) is 76.6 cm³/mol. The lowest BCUT2D eigenvalue weighted by Gasteiger charge is -2.38. The highest BCUT2D eigenvalue weighted by Crippen LogP contribution is 2.18. The third-order valence-electron chi connectivity index (χ3n) is 3.42. The zero-order valence-electron chi connectivity index (χ0n) is 12.1. The third-order valence-corrected chi connectivity index (χ3v) is 3.42. The van der Waals surface area contributed by atoms with Gasteiger partial charge in [-0.2, -0.15) is 0 Å². The Hall–Kier alpha value is -2.08. The number of benzene rings is 1. The predicted octanol–water partition coefficient (Wildman–Crippen LogP) is 1.51. The minimum absolute atomic E-state index is 0.148. The lowest BCUT2D eigenvalue weighted by Crippen LogP contribution is -2.49. The lowest BCUT2D eigenvalue weighted by atomic mass is 10.2. The van der Waals surface area contributed by atoms with Crippen LogP contribution in [0.3, 0.4) is 0 Å². The summed E-state index contributed by atoms with van der Waals surface area (Å²) in [5.41, 5.74) is 0.992. The van der Waals surface area contributed by atoms with Crippen LogP contribution in [0.5, 0.6) is 5.75 Å². The van der Waals surface area contributed by atoms with Gasteiger partial charge >= 0.3 is 5.97 Å². The highest BCUT2D eigenvalue weighted by Gasteiger charge is 2.24. The number of ether oxygens (including phenoxy) is 1. The summed E-state index contributed by atoms with van der Waals surface area (Å²) in [6.07, 6.45) is 1.50. The molecule has 0 aromatic heterocycles. The summed E-state index contributed by atoms with van der Waals surface area (Å²) in [5, 5.41) is 12.4. The molecule has 21 heavy (non-hydrogen) atoms. The zero-order valence-corrected chi connectivity index (χ0v) is 12.1. The van der Waals surface area contributed by atoms with Crippen LogP contribution < -0.4 is 4.74 Å². The van der Waals surface area contributed by atoms with Gasteiger partial charge in [0, 0.05) is 19.5 Å². The number of carboxylic acid groups (broad SMARTS) is 1. The highest BCUT2D eigenvalue weighted by atomic mass is 16.5. The van der Waals surface area contributed by atoms with Gasteiger partial charge in [-0.15, -0.1) is 0 Å². The van der Waals surface area contributed by atoms with Gasteiger partial charge in [-0.25, -0.2) is 9.80 Å². The van der Waals surface area contributed by atoms with Gasteiger partial charge in [-0.05, 0) is 24.1 Å². The van der Waals surface area contributed by atoms with Crippen LogP contribution in [-0.2, 0) is 16.1 Å². The number of amides is 1. The van der Waals surface area contributed by atoms with Crippen LogP contribution in [0.25, 0.3) is 0 Å². The number of carbonyl (C=O) groups excluding carboxylic acids is 1. The molecule has 1 aromatic rings. The van der Waals surface area contributed by atoms with E-state index < -0.39 is 5.97 Å². The summed E-state index contributed by atoms with van der Waals surface area (Å²) in [5.74, 6) is -0.343. The Bertz CT molecular complexity index is 501. The van der Waals surface area contributed by atoms with E-state index in [1.807, 2.05) is 19.1 Å². The second-order valence-electron chi connectivity index (χ2n) is 4.93. The molecule has 0 radical (unpaired) electrons. The first-order chi connectivity index (χ1) is 10.1. The summed E-state index contributed by atoms with van der Waals surface area (Å²) in [4.78, 5) is 22.4. The van der Waals surface area contributed by atoms with Gasteiger partial charge in [0.25, 0.3) is 0 Å². The van der Waals surface area contributed by atoms with Crippen molar-refractivity contribution < 1.29 is 19.4 Å². The van der Waals surface area contributed by atoms with Crippen LogP contribution in [0, 0.1) is 0 Å². The molecule has 1 aromatic carbocycles. The van der Waals surface area contributed by atoms with Crippen LogP contribution >= 0.6 is 0 Å². The summed E-state index contributed by atoms with van der Waals surface area (Å²) in [6, 6.07) is 7.16. The van der Waals surface area contributed by atoms with Crippen LogP contribution in [0.2, 0.25) is 0 Å². The molecule has 2 rings (SSSR count). The Balaban J connectivity index is 1.98. The Labute approximate surface area is 123 Å². The van der Waals surface area contributed by atoms with E-state index in [9.17, 15) is 9.59 Å². The second-order valence-corrected chi connectivity index (χ2v) is 4.93. The Morgan fingerprint density at radius 3 is 2.67 bits per heavy atom. The molecule has 0 spiro atoms. The van der Waals surface area contributed by atoms with Gasteiger partial charge < -0.3 is 9.84 Å². The van der Waals surface area contributed by atoms with Crippen molar-refractivity contribution in [2.45, 2.75) is 26.3 Å². The molecule has 1 aliphatic heterocycles. The van der Waals surface area contributed by atoms with Crippen LogP contribution in [0.15, 0.2) is 24.3 Å². The van der Waals surface area contributed by atoms with Crippen LogP contribution in [0.1, 0.15) is 25.3 Å². The molecule has 1 amide bonds. The molecule has 1 saturated heterocycles. The number of hydrogen-bond donors (Lipinski definition) is 1. The molecular formula is C15H20N2O4. The van der Waals surface area contributed by atoms with Crippen molar-refractivity contribution in [2.24, 2.45) is 0 Å². The maximum absolute atomic E-state index is 12.0. The summed E-state index contributed by atoms with van der Waals surface area (Å²) >= 11 is 0. The fourth-order valence-corrected chi connectivity index (χ4v) is 2.35. The smallest absolute Gasteiger partial charge is 0.341 e. The van der Waals surface area contributed by atoms with Crippen molar-refractivity contribution in [2.75, 3.05) is 19.7 Å². The van der Waals surface area contributed by atoms with Crippen molar-refractivity contribution in [1.29, 1.82) is 0 Å². The fourth-order valence-electron chi connectivity index (χ4n) is 2.35. The van der Waals surface area contributed by atoms with Crippen LogP contribution in [-0.4, -0.2) is 46.7 Å². The molecule has 1 aliphatic rings. The number of carbonyl (C=O) groups is 2. The Kier molecular flexibility index (Phi) is 5.16. The average molecular weight is 292 g/mol. The molecule has 1 N–H and O–H groups in total. The molecule has 6 heteroatoms. The monoisotopic (exact) mass is 292 g/mol. The Morgan fingerprint density at radius 2 is 2.05 bits per heavy atom. The Morgan fingerprint density at radius 1 is 1.33 bits per heavy atom. The quantitative estimate of drug-likeness (QED) is 0.860. The molecule has 0 unspecified atom stereocenters. The van der Waals surface area contributed by atoms with Gasteiger partial charge in [-0.1, -0.05) is 19.1 Å². The van der Waals surface area contributed by atoms with Gasteiger partial charge in [-0.3, -0.25) is 9.80 Å². The molecule has 0 bridgehead atoms. The van der Waals surface area contributed by atoms with Crippen molar-refractivity contribution in [3.63, 3.8) is 0 Å². The molecule has 0 aliphatic carbocycles. The molecule has 0 saturated carbocycles. The molecule has 1 heterocycles. The zero-order chi connectivity index (χ0) is 15.2. The van der Waals surface area contributed by atoms with E-state index in [-0.39, 0.29) is 12.5 Å². The first-order valence-electron chi connectivity index (χ1n) is 7.09. The lowest BCUT2D eigenvalue weighted by molar-refractivity contribution is -0.156. The van der Waals surface area contributed by atoms with E-state index >= 15 is 0 Å². The standard InChI is InChI=1S/C15H20N2O4/c1-2-16-9-3-4-14(18)17(16)10-12-5-7-13(8-6-12)21-11-15(19)20/h5-8H,2-4,9-11H2,1H3,(H,19,20). The van der Waals surface area contributed by atoms with E-state index in [4.69, 9.17) is 9.84 Å². The topological polar surface area (TPSA) is 70.1 Å². The molecule has 6 nitrogen and oxygen atoms in total. The largest absolute Gasteiger partial charge is 0.482 e. The van der Waals surface area contributed by atoms with Crippen molar-refractivity contribution >= 4 is 11.9 Å². The number of carboxylic acids is 1. The molecular weight excluding hydrogens is 272 g/mol. The van der Waals surface area contributed by atoms with Gasteiger partial charge in [0.2, 0.25) is 5.91 Å². The van der Waals surface area contributed by atoms with Crippen molar-refractivity contribution in [3.05, 3.63) is 29.8 Å². The third kappa shape index (κ3) is 4.19. The van der Waals surface area contributed by atoms with Gasteiger partial charge in [0.1, 0.15) is 5.75 Å². The molecule has 114 valence electrons. The first kappa shape index (κ1) is 15.3. The van der Waals surface area contributed by atoms with Gasteiger partial charge in [0.05, 0.1) is 6.54 Å². The normalized spacial score (nSPS) is 16.0. The first-order valence-corrected chi connectivity index (χ1v) is 7.09. The summed E-state index contributed by atoms with van der Waals surface area (Å²) in [7, 11) is 0. The van der Waals surface area contributed by atoms with E-state index in [0.29, 0.717) is 18.7 Å². The number of nitrogens with zero attached hydrogens (tertiary/aromatic N) is 2. The fraction of sp³-hybridized carbons (Fsp3) is 0.467. The number of hydrazine groups is 1. The minimum atomic E-state index is -1.00. The van der Waals surface area contributed by atoms with Crippen LogP contribution in [0.4, 0.5) is 0 Å². The van der Waals surface area contributed by atoms with Crippen molar-refractivity contribution in [3.8, 4) is 5.75 Å². The summed E-state index contributed by atoms with van der Waals surface area (Å²) in [6.45, 7) is 3.93. The molecule has 0 atom stereocenters. The van der Waals surface area contributed by atoms with Gasteiger partial charge in [0.15, 0.2) is 6.61 Å². The van der Waals surface area contributed by atoms with E-state index in [1.54, 1.807) is 17.1 Å². The van der Waals surface area contributed by atoms with E-state index in [0.717, 1.165) is 25.1 Å². The summed E-state index contributed by atoms with van der Waals surface area (Å²) < 4.78 is 5.09. The van der Waals surface area contributed by atoms with Crippen molar-refractivity contribution in [1.82, 2.24) is 10.0 Å². The van der Waals surface area contributed by atoms with E-state index in [2.05, 4.69) is 5.01 Å². The second kappa shape index (κ2) is 7.08. The maximum atomic E-state index is 12.0. The minimum Gasteiger partial charge on any atom is -0.482 e.